The summed E-state index contributed by atoms with van der Waals surface area (Å²) in [5.41, 5.74) is 7.32. The number of halogens is 2. The van der Waals surface area contributed by atoms with Crippen molar-refractivity contribution in [3.63, 3.8) is 0 Å². The molecule has 16 heavy (non-hydrogen) atoms. The van der Waals surface area contributed by atoms with Crippen molar-refractivity contribution in [2.45, 2.75) is 13.1 Å². The lowest BCUT2D eigenvalue weighted by molar-refractivity contribution is 0.375. The lowest BCUT2D eigenvalue weighted by Gasteiger charge is -2.10. The van der Waals surface area contributed by atoms with Gasteiger partial charge in [-0.05, 0) is 13.0 Å². The molecule has 0 saturated heterocycles. The number of hydrogen-bond acceptors (Lipinski definition) is 2. The molecule has 0 aliphatic rings. The number of nitrogens with one attached hydrogen (secondary N) is 1. The molecule has 0 aliphatic carbocycles. The number of aromatic amines is 1. The topological polar surface area (TPSA) is 54.7 Å². The van der Waals surface area contributed by atoms with Gasteiger partial charge >= 0.3 is 0 Å². The first-order chi connectivity index (χ1) is 7.59. The van der Waals surface area contributed by atoms with Crippen LogP contribution in [0.4, 0.5) is 10.2 Å². The van der Waals surface area contributed by atoms with Gasteiger partial charge in [0, 0.05) is 22.2 Å². The zero-order valence-corrected chi connectivity index (χ0v) is 9.42. The SMILES string of the molecule is CC(F)c1c(Cl)cccc1-c1cc(N)n[nH]1. The lowest BCUT2D eigenvalue weighted by Crippen LogP contribution is -1.93. The van der Waals surface area contributed by atoms with Gasteiger partial charge in [-0.15, -0.1) is 0 Å². The average Bonchev–Trinajstić information content (AvgIpc) is 2.63. The van der Waals surface area contributed by atoms with Crippen LogP contribution in [0.25, 0.3) is 11.3 Å². The van der Waals surface area contributed by atoms with Gasteiger partial charge in [-0.25, -0.2) is 4.39 Å². The minimum Gasteiger partial charge on any atom is -0.382 e. The molecule has 1 aromatic heterocycles. The van der Waals surface area contributed by atoms with E-state index in [1.165, 1.54) is 6.92 Å². The molecule has 2 rings (SSSR count). The summed E-state index contributed by atoms with van der Waals surface area (Å²) in [5.74, 6) is 0.368. The highest BCUT2D eigenvalue weighted by Gasteiger charge is 2.15. The van der Waals surface area contributed by atoms with Crippen LogP contribution in [0.1, 0.15) is 18.7 Å². The summed E-state index contributed by atoms with van der Waals surface area (Å²) in [6, 6.07) is 6.86. The molecule has 5 heteroatoms. The van der Waals surface area contributed by atoms with Gasteiger partial charge in [-0.3, -0.25) is 5.10 Å². The summed E-state index contributed by atoms with van der Waals surface area (Å²) in [5, 5.41) is 6.96. The standard InChI is InChI=1S/C11H11ClFN3/c1-6(13)11-7(3-2-4-8(11)12)9-5-10(14)16-15-9/h2-6H,1H3,(H3,14,15,16). The predicted octanol–water partition coefficient (Wildman–Crippen LogP) is 3.34. The molecule has 1 heterocycles. The molecule has 2 aromatic rings. The van der Waals surface area contributed by atoms with Crippen molar-refractivity contribution < 1.29 is 4.39 Å². The molecule has 0 saturated carbocycles. The number of aromatic nitrogens is 2. The number of H-pyrrole nitrogens is 1. The fraction of sp³-hybridized carbons (Fsp3) is 0.182. The van der Waals surface area contributed by atoms with E-state index in [1.54, 1.807) is 24.3 Å². The second-order valence-corrected chi connectivity index (χ2v) is 3.93. The molecule has 0 aliphatic heterocycles. The first-order valence-corrected chi connectivity index (χ1v) is 5.21. The Hall–Kier alpha value is -1.55. The molecule has 1 unspecified atom stereocenters. The van der Waals surface area contributed by atoms with Crippen LogP contribution >= 0.6 is 11.6 Å². The van der Waals surface area contributed by atoms with Crippen LogP contribution in [0, 0.1) is 0 Å². The van der Waals surface area contributed by atoms with Crippen molar-refractivity contribution in [1.29, 1.82) is 0 Å². The monoisotopic (exact) mass is 239 g/mol. The zero-order valence-electron chi connectivity index (χ0n) is 8.67. The summed E-state index contributed by atoms with van der Waals surface area (Å²) in [7, 11) is 0. The van der Waals surface area contributed by atoms with Gasteiger partial charge in [0.05, 0.1) is 5.69 Å². The molecule has 0 bridgehead atoms. The molecule has 0 fully saturated rings. The number of nitrogens with zero attached hydrogens (tertiary/aromatic N) is 1. The molecule has 0 radical (unpaired) electrons. The molecule has 0 amide bonds. The van der Waals surface area contributed by atoms with Crippen molar-refractivity contribution in [2.75, 3.05) is 5.73 Å². The predicted molar refractivity (Wildman–Crippen MR) is 63.0 cm³/mol. The van der Waals surface area contributed by atoms with Gasteiger partial charge < -0.3 is 5.73 Å². The normalized spacial score (nSPS) is 12.7. The number of rotatable bonds is 2. The first kappa shape index (κ1) is 11.0. The highest BCUT2D eigenvalue weighted by Crippen LogP contribution is 2.34. The minimum atomic E-state index is -1.15. The third-order valence-corrected chi connectivity index (χ3v) is 2.67. The maximum absolute atomic E-state index is 13.5. The molecule has 1 atom stereocenters. The second kappa shape index (κ2) is 4.14. The molecule has 1 aromatic carbocycles. The van der Waals surface area contributed by atoms with E-state index >= 15 is 0 Å². The highest BCUT2D eigenvalue weighted by atomic mass is 35.5. The Morgan fingerprint density at radius 1 is 1.50 bits per heavy atom. The third kappa shape index (κ3) is 1.88. The number of nitrogen functional groups attached to an aromatic ring is 1. The molecule has 3 nitrogen and oxygen atoms in total. The molecular weight excluding hydrogens is 229 g/mol. The van der Waals surface area contributed by atoms with E-state index in [9.17, 15) is 4.39 Å². The van der Waals surface area contributed by atoms with Gasteiger partial charge in [-0.1, -0.05) is 23.7 Å². The van der Waals surface area contributed by atoms with Crippen LogP contribution in [0.3, 0.4) is 0 Å². The fourth-order valence-electron chi connectivity index (χ4n) is 1.65. The Labute approximate surface area is 97.4 Å². The number of hydrogen-bond donors (Lipinski definition) is 2. The Kier molecular flexibility index (Phi) is 2.83. The van der Waals surface area contributed by atoms with Crippen molar-refractivity contribution in [2.24, 2.45) is 0 Å². The number of benzene rings is 1. The fourth-order valence-corrected chi connectivity index (χ4v) is 1.98. The van der Waals surface area contributed by atoms with Gasteiger partial charge in [0.25, 0.3) is 0 Å². The van der Waals surface area contributed by atoms with Crippen molar-refractivity contribution in [1.82, 2.24) is 10.2 Å². The van der Waals surface area contributed by atoms with Crippen LogP contribution < -0.4 is 5.73 Å². The Morgan fingerprint density at radius 3 is 2.81 bits per heavy atom. The van der Waals surface area contributed by atoms with Gasteiger partial charge in [0.1, 0.15) is 12.0 Å². The third-order valence-electron chi connectivity index (χ3n) is 2.34. The smallest absolute Gasteiger partial charge is 0.145 e. The summed E-state index contributed by atoms with van der Waals surface area (Å²) >= 11 is 5.98. The molecule has 84 valence electrons. The maximum atomic E-state index is 13.5. The molecular formula is C11H11ClFN3. The van der Waals surface area contributed by atoms with Crippen LogP contribution in [-0.2, 0) is 0 Å². The van der Waals surface area contributed by atoms with E-state index in [0.717, 1.165) is 0 Å². The lowest BCUT2D eigenvalue weighted by atomic mass is 10.0. The zero-order chi connectivity index (χ0) is 11.7. The maximum Gasteiger partial charge on any atom is 0.145 e. The van der Waals surface area contributed by atoms with Crippen molar-refractivity contribution in [3.05, 3.63) is 34.9 Å². The first-order valence-electron chi connectivity index (χ1n) is 4.83. The van der Waals surface area contributed by atoms with E-state index in [4.69, 9.17) is 17.3 Å². The van der Waals surface area contributed by atoms with Crippen LogP contribution in [-0.4, -0.2) is 10.2 Å². The van der Waals surface area contributed by atoms with E-state index in [1.807, 2.05) is 0 Å². The van der Waals surface area contributed by atoms with E-state index in [-0.39, 0.29) is 0 Å². The van der Waals surface area contributed by atoms with Crippen LogP contribution in [0.15, 0.2) is 24.3 Å². The van der Waals surface area contributed by atoms with E-state index < -0.39 is 6.17 Å². The van der Waals surface area contributed by atoms with Crippen molar-refractivity contribution in [3.8, 4) is 11.3 Å². The Bertz CT molecular complexity index is 508. The second-order valence-electron chi connectivity index (χ2n) is 3.52. The number of alkyl halides is 1. The molecule has 3 N–H and O–H groups in total. The van der Waals surface area contributed by atoms with E-state index in [2.05, 4.69) is 10.2 Å². The number of anilines is 1. The molecule has 0 spiro atoms. The largest absolute Gasteiger partial charge is 0.382 e. The summed E-state index contributed by atoms with van der Waals surface area (Å²) in [4.78, 5) is 0. The minimum absolute atomic E-state index is 0.368. The Morgan fingerprint density at radius 2 is 2.25 bits per heavy atom. The van der Waals surface area contributed by atoms with Crippen LogP contribution in [0.5, 0.6) is 0 Å². The summed E-state index contributed by atoms with van der Waals surface area (Å²) < 4.78 is 13.5. The van der Waals surface area contributed by atoms with Gasteiger partial charge in [-0.2, -0.15) is 5.10 Å². The highest BCUT2D eigenvalue weighted by molar-refractivity contribution is 6.31. The quantitative estimate of drug-likeness (QED) is 0.845. The van der Waals surface area contributed by atoms with Gasteiger partial charge in [0.15, 0.2) is 0 Å². The number of nitrogens with two attached hydrogens (primary N) is 1. The van der Waals surface area contributed by atoms with Crippen molar-refractivity contribution >= 4 is 17.4 Å². The summed E-state index contributed by atoms with van der Waals surface area (Å²) in [6.07, 6.45) is -1.15. The van der Waals surface area contributed by atoms with Crippen LogP contribution in [0.2, 0.25) is 5.02 Å². The van der Waals surface area contributed by atoms with E-state index in [0.29, 0.717) is 27.7 Å². The summed E-state index contributed by atoms with van der Waals surface area (Å²) in [6.45, 7) is 1.45. The Balaban J connectivity index is 2.60. The van der Waals surface area contributed by atoms with Gasteiger partial charge in [0.2, 0.25) is 0 Å². The average molecular weight is 240 g/mol.